The molecule has 1 aliphatic rings. The first kappa shape index (κ1) is 14.5. The van der Waals surface area contributed by atoms with Crippen LogP contribution in [0, 0.1) is 11.2 Å². The third-order valence-corrected chi connectivity index (χ3v) is 4.30. The fourth-order valence-electron chi connectivity index (χ4n) is 2.97. The van der Waals surface area contributed by atoms with Gasteiger partial charge in [0.1, 0.15) is 5.82 Å². The van der Waals surface area contributed by atoms with Gasteiger partial charge in [0, 0.05) is 18.2 Å². The van der Waals surface area contributed by atoms with Gasteiger partial charge in [-0.25, -0.2) is 4.39 Å². The first-order valence-corrected chi connectivity index (χ1v) is 7.22. The van der Waals surface area contributed by atoms with Gasteiger partial charge in [0.05, 0.1) is 0 Å². The fourth-order valence-corrected chi connectivity index (χ4v) is 2.97. The summed E-state index contributed by atoms with van der Waals surface area (Å²) in [5.41, 5.74) is 7.05. The smallest absolute Gasteiger partial charge is 0.128 e. The largest absolute Gasteiger partial charge is 0.329 e. The molecule has 1 fully saturated rings. The van der Waals surface area contributed by atoms with E-state index in [0.29, 0.717) is 12.0 Å². The Morgan fingerprint density at radius 2 is 2.00 bits per heavy atom. The number of nitrogens with two attached hydrogens (primary N) is 1. The van der Waals surface area contributed by atoms with Gasteiger partial charge in [-0.15, -0.1) is 0 Å². The number of likely N-dealkylation sites (tertiary alicyclic amines) is 1. The molecule has 0 amide bonds. The Labute approximate surface area is 115 Å². The molecule has 2 N–H and O–H groups in total. The van der Waals surface area contributed by atoms with Crippen LogP contribution in [-0.4, -0.2) is 24.5 Å². The Kier molecular flexibility index (Phi) is 4.58. The highest BCUT2D eigenvalue weighted by molar-refractivity contribution is 5.21. The van der Waals surface area contributed by atoms with Gasteiger partial charge in [-0.2, -0.15) is 0 Å². The summed E-state index contributed by atoms with van der Waals surface area (Å²) in [6.45, 7) is 7.12. The minimum Gasteiger partial charge on any atom is -0.329 e. The van der Waals surface area contributed by atoms with Crippen molar-refractivity contribution in [2.45, 2.75) is 39.2 Å². The third-order valence-electron chi connectivity index (χ3n) is 4.30. The summed E-state index contributed by atoms with van der Waals surface area (Å²) in [5, 5.41) is 0. The summed E-state index contributed by atoms with van der Waals surface area (Å²) in [5.74, 6) is -0.138. The van der Waals surface area contributed by atoms with E-state index in [1.54, 1.807) is 6.07 Å². The Bertz CT molecular complexity index is 417. The van der Waals surface area contributed by atoms with E-state index in [1.165, 1.54) is 12.5 Å². The number of benzene rings is 1. The molecular formula is C16H25FN2. The maximum Gasteiger partial charge on any atom is 0.128 e. The van der Waals surface area contributed by atoms with Gasteiger partial charge < -0.3 is 5.73 Å². The predicted octanol–water partition coefficient (Wildman–Crippen LogP) is 3.34. The molecule has 106 valence electrons. The average Bonchev–Trinajstić information content (AvgIpc) is 2.54. The number of hydrogen-bond donors (Lipinski definition) is 1. The molecule has 2 rings (SSSR count). The van der Waals surface area contributed by atoms with Crippen LogP contribution in [0.1, 0.15) is 44.7 Å². The second kappa shape index (κ2) is 6.02. The van der Waals surface area contributed by atoms with Gasteiger partial charge in [-0.05, 0) is 43.8 Å². The molecule has 1 aliphatic heterocycles. The molecule has 19 heavy (non-hydrogen) atoms. The number of nitrogens with zero attached hydrogens (tertiary/aromatic N) is 1. The highest BCUT2D eigenvalue weighted by Crippen LogP contribution is 2.33. The molecule has 1 saturated heterocycles. The van der Waals surface area contributed by atoms with Gasteiger partial charge in [-0.1, -0.05) is 32.0 Å². The zero-order valence-corrected chi connectivity index (χ0v) is 12.0. The molecule has 2 nitrogen and oxygen atoms in total. The fraction of sp³-hybridized carbons (Fsp3) is 0.625. The van der Waals surface area contributed by atoms with Crippen molar-refractivity contribution in [3.63, 3.8) is 0 Å². The number of halogens is 1. The Morgan fingerprint density at radius 3 is 2.68 bits per heavy atom. The summed E-state index contributed by atoms with van der Waals surface area (Å²) < 4.78 is 14.0. The van der Waals surface area contributed by atoms with Crippen LogP contribution in [0.3, 0.4) is 0 Å². The van der Waals surface area contributed by atoms with Crippen LogP contribution in [0.2, 0.25) is 0 Å². The summed E-state index contributed by atoms with van der Waals surface area (Å²) in [4.78, 5) is 2.35. The number of rotatable bonds is 3. The summed E-state index contributed by atoms with van der Waals surface area (Å²) in [7, 11) is 0. The monoisotopic (exact) mass is 264 g/mol. The minimum atomic E-state index is -0.138. The van der Waals surface area contributed by atoms with E-state index in [4.69, 9.17) is 5.73 Å². The van der Waals surface area contributed by atoms with Crippen LogP contribution in [0.25, 0.3) is 0 Å². The lowest BCUT2D eigenvalue weighted by atomic mass is 9.85. The predicted molar refractivity (Wildman–Crippen MR) is 77.4 cm³/mol. The normalized spacial score (nSPS) is 21.9. The molecule has 1 aromatic rings. The van der Waals surface area contributed by atoms with Crippen LogP contribution >= 0.6 is 0 Å². The Hall–Kier alpha value is -0.930. The van der Waals surface area contributed by atoms with Crippen molar-refractivity contribution < 1.29 is 4.39 Å². The van der Waals surface area contributed by atoms with Crippen LogP contribution in [-0.2, 0) is 0 Å². The lowest BCUT2D eigenvalue weighted by Gasteiger charge is -2.31. The van der Waals surface area contributed by atoms with Gasteiger partial charge in [0.25, 0.3) is 0 Å². The lowest BCUT2D eigenvalue weighted by molar-refractivity contribution is 0.196. The molecule has 0 radical (unpaired) electrons. The van der Waals surface area contributed by atoms with Gasteiger partial charge >= 0.3 is 0 Å². The third kappa shape index (κ3) is 3.54. The second-order valence-corrected chi connectivity index (χ2v) is 6.33. The van der Waals surface area contributed by atoms with Crippen LogP contribution in [0.15, 0.2) is 24.3 Å². The highest BCUT2D eigenvalue weighted by Gasteiger charge is 2.28. The Balaban J connectivity index is 2.16. The molecule has 1 aromatic carbocycles. The van der Waals surface area contributed by atoms with Crippen molar-refractivity contribution in [3.8, 4) is 0 Å². The SMILES string of the molecule is CC1(C)CCCN(C(CN)c2ccccc2F)CC1. The van der Waals surface area contributed by atoms with E-state index >= 15 is 0 Å². The van der Waals surface area contributed by atoms with E-state index in [0.717, 1.165) is 31.5 Å². The standard InChI is InChI=1S/C16H25FN2/c1-16(2)8-5-10-19(11-9-16)15(12-18)13-6-3-4-7-14(13)17/h3-4,6-7,15H,5,8-12,18H2,1-2H3. The Morgan fingerprint density at radius 1 is 1.26 bits per heavy atom. The molecule has 1 atom stereocenters. The lowest BCUT2D eigenvalue weighted by Crippen LogP contribution is -2.35. The zero-order valence-electron chi connectivity index (χ0n) is 12.0. The first-order chi connectivity index (χ1) is 9.03. The van der Waals surface area contributed by atoms with Crippen molar-refractivity contribution >= 4 is 0 Å². The topological polar surface area (TPSA) is 29.3 Å². The first-order valence-electron chi connectivity index (χ1n) is 7.22. The molecule has 0 aliphatic carbocycles. The maximum absolute atomic E-state index is 14.0. The van der Waals surface area contributed by atoms with Gasteiger partial charge in [0.15, 0.2) is 0 Å². The van der Waals surface area contributed by atoms with Crippen LogP contribution in [0.4, 0.5) is 4.39 Å². The molecular weight excluding hydrogens is 239 g/mol. The second-order valence-electron chi connectivity index (χ2n) is 6.33. The van der Waals surface area contributed by atoms with Crippen molar-refractivity contribution in [1.29, 1.82) is 0 Å². The molecule has 0 spiro atoms. The van der Waals surface area contributed by atoms with Crippen molar-refractivity contribution in [3.05, 3.63) is 35.6 Å². The van der Waals surface area contributed by atoms with Gasteiger partial charge in [-0.3, -0.25) is 4.90 Å². The van der Waals surface area contributed by atoms with E-state index in [2.05, 4.69) is 18.7 Å². The van der Waals surface area contributed by atoms with Crippen LogP contribution < -0.4 is 5.73 Å². The van der Waals surface area contributed by atoms with E-state index in [1.807, 2.05) is 12.1 Å². The molecule has 1 unspecified atom stereocenters. The quantitative estimate of drug-likeness (QED) is 0.907. The summed E-state index contributed by atoms with van der Waals surface area (Å²) in [6, 6.07) is 7.03. The van der Waals surface area contributed by atoms with E-state index < -0.39 is 0 Å². The molecule has 0 bridgehead atoms. The van der Waals surface area contributed by atoms with E-state index in [9.17, 15) is 4.39 Å². The molecule has 1 heterocycles. The van der Waals surface area contributed by atoms with Crippen molar-refractivity contribution in [1.82, 2.24) is 4.90 Å². The maximum atomic E-state index is 14.0. The molecule has 0 aromatic heterocycles. The highest BCUT2D eigenvalue weighted by atomic mass is 19.1. The summed E-state index contributed by atoms with van der Waals surface area (Å²) >= 11 is 0. The minimum absolute atomic E-state index is 0.00935. The summed E-state index contributed by atoms with van der Waals surface area (Å²) in [6.07, 6.45) is 3.55. The average molecular weight is 264 g/mol. The van der Waals surface area contributed by atoms with E-state index in [-0.39, 0.29) is 11.9 Å². The van der Waals surface area contributed by atoms with Gasteiger partial charge in [0.2, 0.25) is 0 Å². The molecule has 0 saturated carbocycles. The van der Waals surface area contributed by atoms with Crippen molar-refractivity contribution in [2.24, 2.45) is 11.1 Å². The number of hydrogen-bond acceptors (Lipinski definition) is 2. The van der Waals surface area contributed by atoms with Crippen LogP contribution in [0.5, 0.6) is 0 Å². The zero-order chi connectivity index (χ0) is 13.9. The molecule has 3 heteroatoms. The van der Waals surface area contributed by atoms with Crippen molar-refractivity contribution in [2.75, 3.05) is 19.6 Å².